The van der Waals surface area contributed by atoms with Gasteiger partial charge in [-0.05, 0) is 30.0 Å². The molecule has 250 valence electrons. The minimum Gasteiger partial charge on any atom is -0.447 e. The van der Waals surface area contributed by atoms with Crippen LogP contribution in [0, 0.1) is 0 Å². The predicted octanol–water partition coefficient (Wildman–Crippen LogP) is 4.38. The van der Waals surface area contributed by atoms with Gasteiger partial charge in [-0.2, -0.15) is 0 Å². The largest absolute Gasteiger partial charge is 0.447 e. The number of carbonyl (C=O) groups is 3. The maximum absolute atomic E-state index is 13.5. The third-order valence-electron chi connectivity index (χ3n) is 8.80. The van der Waals surface area contributed by atoms with E-state index >= 15 is 0 Å². The number of nitrogens with one attached hydrogen (secondary N) is 1. The zero-order valence-electron chi connectivity index (χ0n) is 27.8. The van der Waals surface area contributed by atoms with Crippen LogP contribution in [0.1, 0.15) is 35.2 Å². The Morgan fingerprint density at radius 1 is 0.766 bits per heavy atom. The summed E-state index contributed by atoms with van der Waals surface area (Å²) in [6, 6.07) is 25.8. The molecule has 0 saturated carbocycles. The Kier molecular flexibility index (Phi) is 12.5. The molecule has 2 heterocycles. The molecule has 2 amide bonds. The van der Waals surface area contributed by atoms with Crippen molar-refractivity contribution in [3.8, 4) is 11.1 Å². The lowest BCUT2D eigenvalue weighted by atomic mass is 10.0. The van der Waals surface area contributed by atoms with Gasteiger partial charge in [0.05, 0.1) is 18.8 Å². The van der Waals surface area contributed by atoms with Gasteiger partial charge >= 0.3 is 6.09 Å². The van der Waals surface area contributed by atoms with E-state index in [1.165, 1.54) is 0 Å². The number of amides is 2. The number of nitrogens with zero attached hydrogens (tertiary/aromatic N) is 5. The number of benzene rings is 3. The fraction of sp³-hybridized carbons (Fsp3) is 0.432. The van der Waals surface area contributed by atoms with Crippen LogP contribution in [0.4, 0.5) is 10.5 Å². The number of piperazine rings is 1. The molecule has 2 fully saturated rings. The van der Waals surface area contributed by atoms with Gasteiger partial charge in [0, 0.05) is 77.6 Å². The van der Waals surface area contributed by atoms with Gasteiger partial charge < -0.3 is 15.0 Å². The molecule has 10 nitrogen and oxygen atoms in total. The zero-order chi connectivity index (χ0) is 33.0. The number of ketones is 1. The molecule has 0 radical (unpaired) electrons. The number of Topliss-reactive ketones (excluding diaryl/α,β-unsaturated/α-hetero) is 1. The monoisotopic (exact) mass is 640 g/mol. The normalized spacial score (nSPS) is 16.0. The van der Waals surface area contributed by atoms with Crippen LogP contribution in [0.25, 0.3) is 11.1 Å². The summed E-state index contributed by atoms with van der Waals surface area (Å²) in [5.41, 5.74) is 4.63. The number of para-hydroxylation sites is 1. The Morgan fingerprint density at radius 3 is 2.13 bits per heavy atom. The second-order valence-electron chi connectivity index (χ2n) is 12.5. The number of hydrazine groups is 1. The summed E-state index contributed by atoms with van der Waals surface area (Å²) in [5.74, 6) is 0.128. The molecule has 0 aromatic heterocycles. The second kappa shape index (κ2) is 17.2. The first kappa shape index (κ1) is 34.3. The average molecular weight is 641 g/mol. The number of hydrogen-bond donors (Lipinski definition) is 1. The van der Waals surface area contributed by atoms with Crippen molar-refractivity contribution in [2.75, 3.05) is 84.6 Å². The minimum atomic E-state index is -0.414. The maximum atomic E-state index is 13.5. The number of hydrogen-bond acceptors (Lipinski definition) is 8. The van der Waals surface area contributed by atoms with Crippen molar-refractivity contribution in [2.24, 2.45) is 0 Å². The Morgan fingerprint density at radius 2 is 1.43 bits per heavy atom. The summed E-state index contributed by atoms with van der Waals surface area (Å²) in [5, 5.41) is 6.92. The Balaban J connectivity index is 1.07. The summed E-state index contributed by atoms with van der Waals surface area (Å²) < 4.78 is 5.76. The van der Waals surface area contributed by atoms with Gasteiger partial charge in [0.1, 0.15) is 6.61 Å². The Labute approximate surface area is 278 Å². The Hall–Kier alpha value is -4.09. The molecule has 0 spiro atoms. The fourth-order valence-corrected chi connectivity index (χ4v) is 6.03. The summed E-state index contributed by atoms with van der Waals surface area (Å²) in [4.78, 5) is 44.6. The summed E-state index contributed by atoms with van der Waals surface area (Å²) in [6.07, 6.45) is 2.79. The first-order valence-electron chi connectivity index (χ1n) is 16.7. The van der Waals surface area contributed by atoms with E-state index in [2.05, 4.69) is 20.1 Å². The molecule has 10 heteroatoms. The van der Waals surface area contributed by atoms with Gasteiger partial charge in [-0.1, -0.05) is 79.2 Å². The molecule has 2 aliphatic heterocycles. The van der Waals surface area contributed by atoms with Crippen LogP contribution in [0.15, 0.2) is 78.9 Å². The van der Waals surface area contributed by atoms with E-state index in [-0.39, 0.29) is 24.8 Å². The molecule has 5 rings (SSSR count). The molecule has 2 aliphatic rings. The number of ether oxygens (including phenoxy) is 1. The van der Waals surface area contributed by atoms with E-state index in [1.54, 1.807) is 24.0 Å². The molecular weight excluding hydrogens is 592 g/mol. The number of carbonyl (C=O) groups excluding carboxylic acids is 3. The molecule has 0 aliphatic carbocycles. The van der Waals surface area contributed by atoms with E-state index < -0.39 is 6.09 Å². The maximum Gasteiger partial charge on any atom is 0.429 e. The third kappa shape index (κ3) is 9.71. The second-order valence-corrected chi connectivity index (χ2v) is 12.5. The van der Waals surface area contributed by atoms with Crippen LogP contribution < -0.4 is 10.3 Å². The third-order valence-corrected chi connectivity index (χ3v) is 8.80. The number of anilines is 1. The molecule has 0 atom stereocenters. The van der Waals surface area contributed by atoms with Crippen LogP contribution in [-0.2, 0) is 16.1 Å². The van der Waals surface area contributed by atoms with Crippen molar-refractivity contribution in [1.29, 1.82) is 0 Å². The van der Waals surface area contributed by atoms with Crippen molar-refractivity contribution in [2.45, 2.75) is 25.8 Å². The molecule has 1 N–H and O–H groups in total. The van der Waals surface area contributed by atoms with E-state index in [4.69, 9.17) is 4.74 Å². The number of likely N-dealkylation sites (N-methyl/N-ethyl adjacent to an activating group) is 1. The number of piperidine rings is 1. The van der Waals surface area contributed by atoms with Crippen molar-refractivity contribution < 1.29 is 19.1 Å². The highest BCUT2D eigenvalue weighted by molar-refractivity contribution is 5.97. The van der Waals surface area contributed by atoms with E-state index in [0.29, 0.717) is 18.7 Å². The topological polar surface area (TPSA) is 88.7 Å². The van der Waals surface area contributed by atoms with Crippen LogP contribution >= 0.6 is 0 Å². The van der Waals surface area contributed by atoms with Gasteiger partial charge in [-0.3, -0.25) is 19.4 Å². The van der Waals surface area contributed by atoms with Gasteiger partial charge in [-0.25, -0.2) is 14.8 Å². The van der Waals surface area contributed by atoms with Crippen LogP contribution in [-0.4, -0.2) is 117 Å². The minimum absolute atomic E-state index is 0.00576. The van der Waals surface area contributed by atoms with Crippen LogP contribution in [0.5, 0.6) is 0 Å². The SMILES string of the molecule is CN(C)C(=O)CN1CCN(Cc2ccc(C(=O)CNCCOC(=O)N(c3ccccc3-c3ccccc3)N3CCCCC3)cc2)CC1. The fourth-order valence-electron chi connectivity index (χ4n) is 6.03. The highest BCUT2D eigenvalue weighted by atomic mass is 16.6. The highest BCUT2D eigenvalue weighted by Gasteiger charge is 2.28. The van der Waals surface area contributed by atoms with Crippen LogP contribution in [0.3, 0.4) is 0 Å². The molecule has 0 unspecified atom stereocenters. The van der Waals surface area contributed by atoms with Crippen molar-refractivity contribution in [3.05, 3.63) is 90.0 Å². The lowest BCUT2D eigenvalue weighted by Gasteiger charge is -2.37. The average Bonchev–Trinajstić information content (AvgIpc) is 3.10. The first-order chi connectivity index (χ1) is 22.9. The lowest BCUT2D eigenvalue weighted by molar-refractivity contribution is -0.130. The standard InChI is InChI=1S/C37H48N6O4/c1-39(2)36(45)29-41-24-22-40(23-25-41)28-30-15-17-32(18-16-30)35(44)27-38-19-26-47-37(46)43(42-20-9-4-10-21-42)34-14-8-7-13-33(34)31-11-5-3-6-12-31/h3,5-8,11-18,38H,4,9-10,19-29H2,1-2H3. The summed E-state index contributed by atoms with van der Waals surface area (Å²) in [7, 11) is 3.58. The van der Waals surface area contributed by atoms with Gasteiger partial charge in [-0.15, -0.1) is 0 Å². The van der Waals surface area contributed by atoms with Crippen molar-refractivity contribution >= 4 is 23.5 Å². The van der Waals surface area contributed by atoms with E-state index in [1.807, 2.05) is 78.9 Å². The smallest absolute Gasteiger partial charge is 0.429 e. The summed E-state index contributed by atoms with van der Waals surface area (Å²) >= 11 is 0. The van der Waals surface area contributed by atoms with Crippen LogP contribution in [0.2, 0.25) is 0 Å². The molecule has 0 bridgehead atoms. The van der Waals surface area contributed by atoms with Gasteiger partial charge in [0.2, 0.25) is 5.91 Å². The highest BCUT2D eigenvalue weighted by Crippen LogP contribution is 2.33. The molecule has 3 aromatic rings. The quantitative estimate of drug-likeness (QED) is 0.218. The molecule has 47 heavy (non-hydrogen) atoms. The van der Waals surface area contributed by atoms with E-state index in [9.17, 15) is 14.4 Å². The molecular formula is C37H48N6O4. The first-order valence-corrected chi connectivity index (χ1v) is 16.7. The lowest BCUT2D eigenvalue weighted by Crippen LogP contribution is -2.50. The summed E-state index contributed by atoms with van der Waals surface area (Å²) in [6.45, 7) is 7.11. The van der Waals surface area contributed by atoms with Gasteiger partial charge in [0.15, 0.2) is 5.78 Å². The predicted molar refractivity (Wildman–Crippen MR) is 185 cm³/mol. The Bertz CT molecular complexity index is 1450. The number of rotatable bonds is 13. The van der Waals surface area contributed by atoms with Crippen molar-refractivity contribution in [1.82, 2.24) is 25.0 Å². The van der Waals surface area contributed by atoms with Crippen molar-refractivity contribution in [3.63, 3.8) is 0 Å². The zero-order valence-corrected chi connectivity index (χ0v) is 27.8. The van der Waals surface area contributed by atoms with Gasteiger partial charge in [0.25, 0.3) is 0 Å². The van der Waals surface area contributed by atoms with E-state index in [0.717, 1.165) is 87.5 Å². The molecule has 2 saturated heterocycles. The molecule has 3 aromatic carbocycles.